The molecule has 4 aromatic heterocycles. The van der Waals surface area contributed by atoms with Gasteiger partial charge in [0, 0.05) is 107 Å². The fraction of sp³-hybridized carbons (Fsp3) is 0.400. The van der Waals surface area contributed by atoms with Gasteiger partial charge in [0.25, 0.3) is 0 Å². The Morgan fingerprint density at radius 3 is 2.48 bits per heavy atom. The van der Waals surface area contributed by atoms with Gasteiger partial charge in [0.15, 0.2) is 11.5 Å². The monoisotopic (exact) mass is 762 g/mol. The van der Waals surface area contributed by atoms with Crippen molar-refractivity contribution < 1.29 is 18.4 Å². The third-order valence-corrected chi connectivity index (χ3v) is 11.7. The standard InChI is InChI=1S/C40H44F2N12O2/c1-25-19-31(33(42)21-32(25)41)35-23-44-38(39-43-9-12-53(35)39)46-26-22-45-54(24-26)27-7-10-50(11-8-27)13-14-51-15-17-52(18-16-51)28-3-4-29-34(20-28)49(2)48-37(29)30-5-6-36(55)47-40(30)56/h3-4,9,12,19-24,27,30H,5-8,10-11,13-18H2,1-2H3,(H,44,46)(H,47,55,56). The van der Waals surface area contributed by atoms with Gasteiger partial charge in [-0.25, -0.2) is 18.7 Å². The van der Waals surface area contributed by atoms with Crippen LogP contribution >= 0.6 is 0 Å². The maximum atomic E-state index is 14.7. The van der Waals surface area contributed by atoms with Crippen molar-refractivity contribution in [2.45, 2.75) is 44.6 Å². The van der Waals surface area contributed by atoms with E-state index in [2.05, 4.69) is 58.6 Å². The molecule has 2 N–H and O–H groups in total. The van der Waals surface area contributed by atoms with Crippen LogP contribution < -0.4 is 15.5 Å². The Kier molecular flexibility index (Phi) is 9.45. The molecule has 290 valence electrons. The number of imide groups is 1. The van der Waals surface area contributed by atoms with Gasteiger partial charge < -0.3 is 15.1 Å². The number of nitrogens with zero attached hydrogens (tertiary/aromatic N) is 10. The van der Waals surface area contributed by atoms with Gasteiger partial charge in [0.05, 0.1) is 46.9 Å². The first-order chi connectivity index (χ1) is 27.2. The van der Waals surface area contributed by atoms with Gasteiger partial charge in [-0.1, -0.05) is 0 Å². The number of piperidine rings is 2. The molecular formula is C40H44F2N12O2. The summed E-state index contributed by atoms with van der Waals surface area (Å²) >= 11 is 0. The van der Waals surface area contributed by atoms with Gasteiger partial charge in [-0.3, -0.25) is 33.6 Å². The SMILES string of the molecule is Cc1cc(-c2cnc(Nc3cnn(C4CCN(CCN5CCN(c6ccc7c(C8CCC(=O)NC8=O)nn(C)c7c6)CC5)CC4)c3)c3nccn23)c(F)cc1F. The summed E-state index contributed by atoms with van der Waals surface area (Å²) in [5, 5.41) is 16.1. The van der Waals surface area contributed by atoms with Gasteiger partial charge in [0.2, 0.25) is 11.8 Å². The molecule has 2 aromatic carbocycles. The molecule has 0 bridgehead atoms. The van der Waals surface area contributed by atoms with Crippen LogP contribution in [-0.4, -0.2) is 108 Å². The van der Waals surface area contributed by atoms with Crippen LogP contribution in [-0.2, 0) is 16.6 Å². The predicted octanol–water partition coefficient (Wildman–Crippen LogP) is 4.79. The summed E-state index contributed by atoms with van der Waals surface area (Å²) < 4.78 is 34.3. The van der Waals surface area contributed by atoms with Gasteiger partial charge in [-0.2, -0.15) is 10.2 Å². The second-order valence-corrected chi connectivity index (χ2v) is 15.1. The number of piperazine rings is 1. The third kappa shape index (κ3) is 6.87. The number of amides is 2. The summed E-state index contributed by atoms with van der Waals surface area (Å²) in [6.45, 7) is 9.57. The topological polar surface area (TPSA) is 134 Å². The molecule has 0 saturated carbocycles. The second-order valence-electron chi connectivity index (χ2n) is 15.1. The first kappa shape index (κ1) is 35.9. The van der Waals surface area contributed by atoms with Crippen LogP contribution in [0.15, 0.2) is 61.3 Å². The highest BCUT2D eigenvalue weighted by atomic mass is 19.1. The molecule has 9 rings (SSSR count). The summed E-state index contributed by atoms with van der Waals surface area (Å²) in [6, 6.07) is 9.06. The normalized spacial score (nSPS) is 19.0. The lowest BCUT2D eigenvalue weighted by molar-refractivity contribution is -0.134. The van der Waals surface area contributed by atoms with E-state index in [1.807, 2.05) is 22.6 Å². The Hall–Kier alpha value is -5.74. The minimum absolute atomic E-state index is 0.218. The van der Waals surface area contributed by atoms with Crippen LogP contribution in [0.2, 0.25) is 0 Å². The first-order valence-electron chi connectivity index (χ1n) is 19.3. The maximum Gasteiger partial charge on any atom is 0.235 e. The highest BCUT2D eigenvalue weighted by Gasteiger charge is 2.32. The fourth-order valence-electron chi connectivity index (χ4n) is 8.40. The van der Waals surface area contributed by atoms with Crippen molar-refractivity contribution in [1.82, 2.24) is 49.0 Å². The van der Waals surface area contributed by atoms with Crippen LogP contribution in [0.4, 0.5) is 26.0 Å². The fourth-order valence-corrected chi connectivity index (χ4v) is 8.40. The van der Waals surface area contributed by atoms with Crippen LogP contribution in [0.5, 0.6) is 0 Å². The number of carbonyl (C=O) groups excluding carboxylic acids is 2. The Bertz CT molecular complexity index is 2440. The van der Waals surface area contributed by atoms with Gasteiger partial charge >= 0.3 is 0 Å². The molecule has 3 aliphatic rings. The number of aryl methyl sites for hydroxylation is 2. The molecule has 1 atom stereocenters. The Morgan fingerprint density at radius 2 is 1.70 bits per heavy atom. The van der Waals surface area contributed by atoms with Crippen molar-refractivity contribution in [2.75, 3.05) is 62.6 Å². The first-order valence-corrected chi connectivity index (χ1v) is 19.3. The number of rotatable bonds is 9. The number of imidazole rings is 1. The number of hydrogen-bond donors (Lipinski definition) is 2. The second kappa shape index (κ2) is 14.7. The van der Waals surface area contributed by atoms with Crippen molar-refractivity contribution in [3.63, 3.8) is 0 Å². The predicted molar refractivity (Wildman–Crippen MR) is 208 cm³/mol. The zero-order chi connectivity index (χ0) is 38.5. The number of fused-ring (bicyclic) bond motifs is 2. The van der Waals surface area contributed by atoms with Crippen molar-refractivity contribution in [3.8, 4) is 11.3 Å². The van der Waals surface area contributed by atoms with E-state index in [9.17, 15) is 18.4 Å². The molecule has 3 aliphatic heterocycles. The number of hydrogen-bond acceptors (Lipinski definition) is 10. The van der Waals surface area contributed by atoms with E-state index < -0.39 is 17.6 Å². The molecule has 1 unspecified atom stereocenters. The van der Waals surface area contributed by atoms with Crippen molar-refractivity contribution >= 4 is 45.6 Å². The van der Waals surface area contributed by atoms with Crippen LogP contribution in [0.1, 0.15) is 48.9 Å². The zero-order valence-corrected chi connectivity index (χ0v) is 31.5. The van der Waals surface area contributed by atoms with E-state index in [-0.39, 0.29) is 17.4 Å². The van der Waals surface area contributed by atoms with E-state index in [1.54, 1.807) is 36.1 Å². The molecule has 2 amide bonds. The minimum atomic E-state index is -0.654. The lowest BCUT2D eigenvalue weighted by Crippen LogP contribution is -2.49. The van der Waals surface area contributed by atoms with Crippen molar-refractivity contribution in [2.24, 2.45) is 7.05 Å². The van der Waals surface area contributed by atoms with E-state index in [4.69, 9.17) is 5.10 Å². The summed E-state index contributed by atoms with van der Waals surface area (Å²) in [7, 11) is 1.91. The van der Waals surface area contributed by atoms with Crippen molar-refractivity contribution in [1.29, 1.82) is 0 Å². The number of benzene rings is 2. The Morgan fingerprint density at radius 1 is 0.911 bits per heavy atom. The summed E-state index contributed by atoms with van der Waals surface area (Å²) in [5.41, 5.74) is 5.31. The molecule has 0 spiro atoms. The lowest BCUT2D eigenvalue weighted by Gasteiger charge is -2.38. The average Bonchev–Trinajstić information content (AvgIpc) is 3.96. The highest BCUT2D eigenvalue weighted by Crippen LogP contribution is 2.33. The summed E-state index contributed by atoms with van der Waals surface area (Å²) in [4.78, 5) is 40.8. The molecule has 6 aromatic rings. The molecule has 3 fully saturated rings. The van der Waals surface area contributed by atoms with E-state index >= 15 is 0 Å². The Balaban J connectivity index is 0.754. The van der Waals surface area contributed by atoms with Crippen molar-refractivity contribution in [3.05, 3.63) is 84.2 Å². The molecule has 16 heteroatoms. The number of aromatic nitrogens is 7. The van der Waals surface area contributed by atoms with Gasteiger partial charge in [-0.15, -0.1) is 0 Å². The highest BCUT2D eigenvalue weighted by molar-refractivity contribution is 6.02. The number of carbonyl (C=O) groups is 2. The number of nitrogens with one attached hydrogen (secondary N) is 2. The molecule has 14 nitrogen and oxygen atoms in total. The summed E-state index contributed by atoms with van der Waals surface area (Å²) in [6.07, 6.45) is 11.6. The molecule has 3 saturated heterocycles. The van der Waals surface area contributed by atoms with Crippen LogP contribution in [0.25, 0.3) is 27.8 Å². The lowest BCUT2D eigenvalue weighted by atomic mass is 9.93. The molecule has 0 aliphatic carbocycles. The average molecular weight is 763 g/mol. The maximum absolute atomic E-state index is 14.7. The number of halogens is 2. The van der Waals surface area contributed by atoms with Crippen LogP contribution in [0, 0.1) is 18.6 Å². The molecular weight excluding hydrogens is 719 g/mol. The third-order valence-electron chi connectivity index (χ3n) is 11.7. The molecule has 7 heterocycles. The van der Waals surface area contributed by atoms with Gasteiger partial charge in [-0.05, 0) is 56.0 Å². The summed E-state index contributed by atoms with van der Waals surface area (Å²) in [5.74, 6) is -1.61. The number of anilines is 3. The minimum Gasteiger partial charge on any atom is -0.369 e. The Labute approximate surface area is 322 Å². The smallest absolute Gasteiger partial charge is 0.235 e. The zero-order valence-electron chi connectivity index (χ0n) is 31.5. The van der Waals surface area contributed by atoms with Gasteiger partial charge in [0.1, 0.15) is 11.6 Å². The molecule has 0 radical (unpaired) electrons. The quantitative estimate of drug-likeness (QED) is 0.198. The van der Waals surface area contributed by atoms with E-state index in [0.29, 0.717) is 41.6 Å². The van der Waals surface area contributed by atoms with E-state index in [0.717, 1.165) is 99.2 Å². The van der Waals surface area contributed by atoms with Crippen LogP contribution in [0.3, 0.4) is 0 Å². The van der Waals surface area contributed by atoms with E-state index in [1.165, 1.54) is 6.07 Å². The number of likely N-dealkylation sites (tertiary alicyclic amines) is 1. The molecule has 56 heavy (non-hydrogen) atoms. The largest absolute Gasteiger partial charge is 0.369 e.